The van der Waals surface area contributed by atoms with Gasteiger partial charge in [0, 0.05) is 19.7 Å². The van der Waals surface area contributed by atoms with Gasteiger partial charge in [-0.3, -0.25) is 9.59 Å². The van der Waals surface area contributed by atoms with Gasteiger partial charge in [0.1, 0.15) is 0 Å². The van der Waals surface area contributed by atoms with Gasteiger partial charge >= 0.3 is 5.97 Å². The summed E-state index contributed by atoms with van der Waals surface area (Å²) in [4.78, 5) is 38.8. The molecule has 1 fully saturated rings. The Hall–Kier alpha value is -2.67. The number of carbonyl (C=O) groups is 3. The second-order valence-corrected chi connectivity index (χ2v) is 6.13. The zero-order chi connectivity index (χ0) is 18.0. The van der Waals surface area contributed by atoms with Gasteiger partial charge in [-0.05, 0) is 17.2 Å². The molecule has 2 atom stereocenters. The summed E-state index contributed by atoms with van der Waals surface area (Å²) >= 11 is 0. The Labute approximate surface area is 145 Å². The largest absolute Gasteiger partial charge is 0.479 e. The Balaban J connectivity index is 1.79. The molecule has 2 aliphatic rings. The Bertz CT molecular complexity index is 730. The summed E-state index contributed by atoms with van der Waals surface area (Å²) in [7, 11) is 0. The van der Waals surface area contributed by atoms with Gasteiger partial charge in [-0.2, -0.15) is 0 Å². The van der Waals surface area contributed by atoms with Crippen LogP contribution in [-0.2, 0) is 19.1 Å². The number of hydrogen-bond acceptors (Lipinski definition) is 4. The van der Waals surface area contributed by atoms with Crippen LogP contribution >= 0.6 is 0 Å². The van der Waals surface area contributed by atoms with Crippen LogP contribution in [0.25, 0.3) is 6.08 Å². The molecule has 3 rings (SSSR count). The standard InChI is InChI=1S/C18H20N2O5/c1-12(21)20-7-6-13-4-2-3-5-14(13)15(20)10-17(22)19-8-9-25-16(11-19)18(23)24/h2-7,15-16H,8-11H2,1H3,(H,23,24)/t15-,16+/m1/s1. The lowest BCUT2D eigenvalue weighted by molar-refractivity contribution is -0.159. The molecule has 7 heteroatoms. The number of carboxylic acid groups (broad SMARTS) is 1. The molecule has 1 aromatic carbocycles. The quantitative estimate of drug-likeness (QED) is 0.892. The lowest BCUT2D eigenvalue weighted by atomic mass is 9.93. The molecule has 0 bridgehead atoms. The molecule has 25 heavy (non-hydrogen) atoms. The highest BCUT2D eigenvalue weighted by molar-refractivity contribution is 5.82. The number of amides is 2. The highest BCUT2D eigenvalue weighted by Gasteiger charge is 2.33. The summed E-state index contributed by atoms with van der Waals surface area (Å²) in [6.45, 7) is 2.04. The number of ether oxygens (including phenoxy) is 1. The first-order chi connectivity index (χ1) is 12.0. The molecule has 1 N–H and O–H groups in total. The average molecular weight is 344 g/mol. The summed E-state index contributed by atoms with van der Waals surface area (Å²) in [6.07, 6.45) is 2.66. The molecular formula is C18H20N2O5. The molecule has 132 valence electrons. The first-order valence-electron chi connectivity index (χ1n) is 8.15. The van der Waals surface area contributed by atoms with Gasteiger partial charge < -0.3 is 19.6 Å². The number of hydrogen-bond donors (Lipinski definition) is 1. The second kappa shape index (κ2) is 7.06. The topological polar surface area (TPSA) is 87.2 Å². The molecule has 2 aliphatic heterocycles. The van der Waals surface area contributed by atoms with Crippen LogP contribution in [0.5, 0.6) is 0 Å². The fourth-order valence-electron chi connectivity index (χ4n) is 3.23. The van der Waals surface area contributed by atoms with Gasteiger partial charge in [-0.25, -0.2) is 4.79 Å². The molecule has 1 saturated heterocycles. The molecule has 7 nitrogen and oxygen atoms in total. The van der Waals surface area contributed by atoms with Gasteiger partial charge in [0.05, 0.1) is 25.6 Å². The van der Waals surface area contributed by atoms with E-state index < -0.39 is 18.1 Å². The number of aliphatic carboxylic acids is 1. The van der Waals surface area contributed by atoms with Crippen molar-refractivity contribution in [1.82, 2.24) is 9.80 Å². The first-order valence-corrected chi connectivity index (χ1v) is 8.15. The summed E-state index contributed by atoms with van der Waals surface area (Å²) in [6, 6.07) is 7.24. The van der Waals surface area contributed by atoms with Crippen LogP contribution in [0.2, 0.25) is 0 Å². The maximum atomic E-state index is 12.7. The minimum absolute atomic E-state index is 0.0262. The number of carboxylic acids is 1. The predicted molar refractivity (Wildman–Crippen MR) is 89.3 cm³/mol. The van der Waals surface area contributed by atoms with Crippen molar-refractivity contribution in [1.29, 1.82) is 0 Å². The van der Waals surface area contributed by atoms with E-state index in [1.54, 1.807) is 11.1 Å². The molecular weight excluding hydrogens is 324 g/mol. The summed E-state index contributed by atoms with van der Waals surface area (Å²) in [5.74, 6) is -1.40. The zero-order valence-corrected chi connectivity index (χ0v) is 13.9. The van der Waals surface area contributed by atoms with Crippen LogP contribution in [-0.4, -0.2) is 58.5 Å². The van der Waals surface area contributed by atoms with E-state index in [1.807, 2.05) is 30.3 Å². The Morgan fingerprint density at radius 2 is 2.04 bits per heavy atom. The first kappa shape index (κ1) is 17.2. The molecule has 0 spiro atoms. The van der Waals surface area contributed by atoms with E-state index in [0.717, 1.165) is 11.1 Å². The van der Waals surface area contributed by atoms with Crippen LogP contribution < -0.4 is 0 Å². The fourth-order valence-corrected chi connectivity index (χ4v) is 3.23. The van der Waals surface area contributed by atoms with Crippen molar-refractivity contribution in [2.24, 2.45) is 0 Å². The third-order valence-corrected chi connectivity index (χ3v) is 4.53. The molecule has 0 aliphatic carbocycles. The summed E-state index contributed by atoms with van der Waals surface area (Å²) in [5.41, 5.74) is 1.89. The SMILES string of the molecule is CC(=O)N1C=Cc2ccccc2[C@H]1CC(=O)N1CCO[C@H](C(=O)O)C1. The van der Waals surface area contributed by atoms with Crippen molar-refractivity contribution < 1.29 is 24.2 Å². The minimum Gasteiger partial charge on any atom is -0.479 e. The number of carbonyl (C=O) groups excluding carboxylic acids is 2. The highest BCUT2D eigenvalue weighted by Crippen LogP contribution is 2.33. The maximum absolute atomic E-state index is 12.7. The average Bonchev–Trinajstić information content (AvgIpc) is 2.61. The second-order valence-electron chi connectivity index (χ2n) is 6.13. The van der Waals surface area contributed by atoms with Gasteiger partial charge in [0.25, 0.3) is 0 Å². The van der Waals surface area contributed by atoms with E-state index in [2.05, 4.69) is 0 Å². The van der Waals surface area contributed by atoms with Crippen LogP contribution in [0.4, 0.5) is 0 Å². The monoisotopic (exact) mass is 344 g/mol. The lowest BCUT2D eigenvalue weighted by Crippen LogP contribution is -2.49. The van der Waals surface area contributed by atoms with E-state index in [4.69, 9.17) is 9.84 Å². The van der Waals surface area contributed by atoms with Crippen molar-refractivity contribution in [3.63, 3.8) is 0 Å². The van der Waals surface area contributed by atoms with Crippen molar-refractivity contribution in [3.8, 4) is 0 Å². The number of morpholine rings is 1. The van der Waals surface area contributed by atoms with Gasteiger partial charge in [-0.15, -0.1) is 0 Å². The van der Waals surface area contributed by atoms with Crippen LogP contribution in [0, 0.1) is 0 Å². The van der Waals surface area contributed by atoms with Crippen molar-refractivity contribution in [3.05, 3.63) is 41.6 Å². The van der Waals surface area contributed by atoms with Gasteiger partial charge in [0.15, 0.2) is 6.10 Å². The third-order valence-electron chi connectivity index (χ3n) is 4.53. The number of rotatable bonds is 3. The van der Waals surface area contributed by atoms with Gasteiger partial charge in [-0.1, -0.05) is 24.3 Å². The Morgan fingerprint density at radius 3 is 2.76 bits per heavy atom. The number of fused-ring (bicyclic) bond motifs is 1. The fraction of sp³-hybridized carbons (Fsp3) is 0.389. The number of nitrogens with zero attached hydrogens (tertiary/aromatic N) is 2. The molecule has 0 saturated carbocycles. The van der Waals surface area contributed by atoms with Crippen molar-refractivity contribution >= 4 is 23.9 Å². The number of benzene rings is 1. The Morgan fingerprint density at radius 1 is 1.28 bits per heavy atom. The van der Waals surface area contributed by atoms with Crippen molar-refractivity contribution in [2.75, 3.05) is 19.7 Å². The summed E-state index contributed by atoms with van der Waals surface area (Å²) in [5, 5.41) is 9.08. The van der Waals surface area contributed by atoms with Crippen molar-refractivity contribution in [2.45, 2.75) is 25.5 Å². The zero-order valence-electron chi connectivity index (χ0n) is 13.9. The maximum Gasteiger partial charge on any atom is 0.334 e. The predicted octanol–water partition coefficient (Wildman–Crippen LogP) is 1.26. The highest BCUT2D eigenvalue weighted by atomic mass is 16.5. The van der Waals surface area contributed by atoms with E-state index in [9.17, 15) is 14.4 Å². The minimum atomic E-state index is -1.08. The van der Waals surface area contributed by atoms with Crippen LogP contribution in [0.1, 0.15) is 30.5 Å². The lowest BCUT2D eigenvalue weighted by Gasteiger charge is -2.35. The molecule has 2 heterocycles. The molecule has 0 aromatic heterocycles. The normalized spacial score (nSPS) is 22.4. The van der Waals surface area contributed by atoms with Crippen LogP contribution in [0.15, 0.2) is 30.5 Å². The van der Waals surface area contributed by atoms with E-state index in [1.165, 1.54) is 11.8 Å². The van der Waals surface area contributed by atoms with Gasteiger partial charge in [0.2, 0.25) is 11.8 Å². The van der Waals surface area contributed by atoms with Crippen LogP contribution in [0.3, 0.4) is 0 Å². The molecule has 0 radical (unpaired) electrons. The van der Waals surface area contributed by atoms with E-state index in [0.29, 0.717) is 6.54 Å². The summed E-state index contributed by atoms with van der Waals surface area (Å²) < 4.78 is 5.16. The smallest absolute Gasteiger partial charge is 0.334 e. The molecule has 2 amide bonds. The molecule has 0 unspecified atom stereocenters. The Kier molecular flexibility index (Phi) is 4.85. The van der Waals surface area contributed by atoms with E-state index >= 15 is 0 Å². The molecule has 1 aromatic rings. The van der Waals surface area contributed by atoms with E-state index in [-0.39, 0.29) is 31.4 Å². The third kappa shape index (κ3) is 3.56.